The van der Waals surface area contributed by atoms with Gasteiger partial charge >= 0.3 is 0 Å². The second-order valence-corrected chi connectivity index (χ2v) is 6.26. The Morgan fingerprint density at radius 1 is 1.32 bits per heavy atom. The summed E-state index contributed by atoms with van der Waals surface area (Å²) < 4.78 is 4.69. The minimum absolute atomic E-state index is 0.428. The fourth-order valence-corrected chi connectivity index (χ4v) is 3.62. The molecule has 0 saturated carbocycles. The molecule has 2 aromatic heterocycles. The molecule has 1 aliphatic heterocycles. The van der Waals surface area contributed by atoms with E-state index < -0.39 is 0 Å². The van der Waals surface area contributed by atoms with E-state index in [0.29, 0.717) is 6.04 Å². The van der Waals surface area contributed by atoms with Gasteiger partial charge in [-0.2, -0.15) is 0 Å². The minimum Gasteiger partial charge on any atom is -0.328 e. The number of rotatable bonds is 4. The van der Waals surface area contributed by atoms with Crippen molar-refractivity contribution < 1.29 is 0 Å². The Labute approximate surface area is 130 Å². The lowest BCUT2D eigenvalue weighted by Crippen LogP contribution is -2.05. The van der Waals surface area contributed by atoms with Crippen LogP contribution in [-0.4, -0.2) is 19.1 Å². The van der Waals surface area contributed by atoms with Gasteiger partial charge in [0.05, 0.1) is 23.4 Å². The van der Waals surface area contributed by atoms with Crippen LogP contribution in [0.15, 0.2) is 30.7 Å². The van der Waals surface area contributed by atoms with E-state index >= 15 is 0 Å². The lowest BCUT2D eigenvalue weighted by Gasteiger charge is -2.14. The molecule has 22 heavy (non-hydrogen) atoms. The highest BCUT2D eigenvalue weighted by atomic mass is 15.1. The molecule has 114 valence electrons. The van der Waals surface area contributed by atoms with Gasteiger partial charge in [0, 0.05) is 18.4 Å². The number of hydrogen-bond donors (Lipinski definition) is 0. The van der Waals surface area contributed by atoms with Crippen molar-refractivity contribution in [3.8, 4) is 0 Å². The Balaban J connectivity index is 1.77. The molecule has 0 amide bonds. The van der Waals surface area contributed by atoms with Crippen LogP contribution in [0.3, 0.4) is 0 Å². The largest absolute Gasteiger partial charge is 0.328 e. The predicted molar refractivity (Wildman–Crippen MR) is 88.1 cm³/mol. The third kappa shape index (κ3) is 2.05. The van der Waals surface area contributed by atoms with E-state index in [0.717, 1.165) is 24.3 Å². The molecule has 1 unspecified atom stereocenters. The van der Waals surface area contributed by atoms with Gasteiger partial charge in [-0.1, -0.05) is 19.4 Å². The normalized spacial score (nSPS) is 17.3. The van der Waals surface area contributed by atoms with Crippen molar-refractivity contribution in [2.24, 2.45) is 0 Å². The molecule has 3 heterocycles. The third-order valence-corrected chi connectivity index (χ3v) is 4.84. The lowest BCUT2D eigenvalue weighted by molar-refractivity contribution is 0.613. The summed E-state index contributed by atoms with van der Waals surface area (Å²) in [6.07, 6.45) is 8.67. The van der Waals surface area contributed by atoms with Crippen molar-refractivity contribution in [2.45, 2.75) is 52.1 Å². The van der Waals surface area contributed by atoms with Crippen molar-refractivity contribution in [1.29, 1.82) is 0 Å². The van der Waals surface area contributed by atoms with E-state index in [2.05, 4.69) is 46.2 Å². The quantitative estimate of drug-likeness (QED) is 0.732. The summed E-state index contributed by atoms with van der Waals surface area (Å²) >= 11 is 0. The number of benzene rings is 1. The maximum Gasteiger partial charge on any atom is 0.106 e. The SMILES string of the molecule is CCCCn1c(C)nc2ccc(C3CCc4cncn43)cc21. The van der Waals surface area contributed by atoms with Crippen molar-refractivity contribution >= 4 is 11.0 Å². The number of nitrogens with zero attached hydrogens (tertiary/aromatic N) is 4. The third-order valence-electron chi connectivity index (χ3n) is 4.84. The number of hydrogen-bond acceptors (Lipinski definition) is 2. The standard InChI is InChI=1S/C18H22N4/c1-3-4-9-21-13(2)20-16-7-5-14(10-18(16)21)17-8-6-15-11-19-12-22(15)17/h5,7,10-12,17H,3-4,6,8-9H2,1-2H3. The summed E-state index contributed by atoms with van der Waals surface area (Å²) in [6.45, 7) is 5.40. The summed E-state index contributed by atoms with van der Waals surface area (Å²) in [5.41, 5.74) is 5.11. The van der Waals surface area contributed by atoms with E-state index in [9.17, 15) is 0 Å². The molecule has 0 radical (unpaired) electrons. The molecule has 0 spiro atoms. The molecule has 0 N–H and O–H groups in total. The molecule has 0 saturated heterocycles. The molecule has 1 atom stereocenters. The zero-order valence-corrected chi connectivity index (χ0v) is 13.3. The van der Waals surface area contributed by atoms with Gasteiger partial charge in [0.25, 0.3) is 0 Å². The molecule has 1 aromatic carbocycles. The summed E-state index contributed by atoms with van der Waals surface area (Å²) in [5, 5.41) is 0. The molecular weight excluding hydrogens is 272 g/mol. The van der Waals surface area contributed by atoms with Gasteiger partial charge in [-0.25, -0.2) is 9.97 Å². The zero-order valence-electron chi connectivity index (χ0n) is 13.3. The van der Waals surface area contributed by atoms with Crippen LogP contribution in [0.4, 0.5) is 0 Å². The number of fused-ring (bicyclic) bond motifs is 2. The van der Waals surface area contributed by atoms with Gasteiger partial charge in [0.2, 0.25) is 0 Å². The highest BCUT2D eigenvalue weighted by Crippen LogP contribution is 2.33. The van der Waals surface area contributed by atoms with Crippen molar-refractivity contribution in [2.75, 3.05) is 0 Å². The summed E-state index contributed by atoms with van der Waals surface area (Å²) in [6, 6.07) is 7.18. The first-order valence-electron chi connectivity index (χ1n) is 8.25. The van der Waals surface area contributed by atoms with Crippen LogP contribution in [0, 0.1) is 6.92 Å². The zero-order chi connectivity index (χ0) is 15.1. The van der Waals surface area contributed by atoms with E-state index in [1.54, 1.807) is 0 Å². The number of unbranched alkanes of at least 4 members (excludes halogenated alkanes) is 1. The first-order valence-corrected chi connectivity index (χ1v) is 8.25. The van der Waals surface area contributed by atoms with Gasteiger partial charge < -0.3 is 9.13 Å². The molecule has 0 bridgehead atoms. The highest BCUT2D eigenvalue weighted by Gasteiger charge is 2.23. The molecule has 0 fully saturated rings. The number of aryl methyl sites for hydroxylation is 3. The van der Waals surface area contributed by atoms with Crippen LogP contribution in [-0.2, 0) is 13.0 Å². The maximum absolute atomic E-state index is 4.71. The van der Waals surface area contributed by atoms with Gasteiger partial charge in [-0.05, 0) is 43.9 Å². The van der Waals surface area contributed by atoms with E-state index in [4.69, 9.17) is 4.98 Å². The monoisotopic (exact) mass is 294 g/mol. The number of aromatic nitrogens is 4. The average molecular weight is 294 g/mol. The summed E-state index contributed by atoms with van der Waals surface area (Å²) in [7, 11) is 0. The second-order valence-electron chi connectivity index (χ2n) is 6.26. The highest BCUT2D eigenvalue weighted by molar-refractivity contribution is 5.77. The summed E-state index contributed by atoms with van der Waals surface area (Å²) in [4.78, 5) is 9.00. The predicted octanol–water partition coefficient (Wildman–Crippen LogP) is 3.88. The Morgan fingerprint density at radius 3 is 3.09 bits per heavy atom. The maximum atomic E-state index is 4.71. The molecule has 1 aliphatic rings. The fourth-order valence-electron chi connectivity index (χ4n) is 3.62. The van der Waals surface area contributed by atoms with Crippen molar-refractivity contribution in [1.82, 2.24) is 19.1 Å². The van der Waals surface area contributed by atoms with Gasteiger partial charge in [-0.15, -0.1) is 0 Å². The number of imidazole rings is 2. The van der Waals surface area contributed by atoms with Gasteiger partial charge in [-0.3, -0.25) is 0 Å². The van der Waals surface area contributed by atoms with E-state index in [1.165, 1.54) is 36.0 Å². The Morgan fingerprint density at radius 2 is 2.23 bits per heavy atom. The van der Waals surface area contributed by atoms with Crippen LogP contribution < -0.4 is 0 Å². The molecule has 3 aromatic rings. The molecule has 4 rings (SSSR count). The van der Waals surface area contributed by atoms with Crippen LogP contribution in [0.2, 0.25) is 0 Å². The Kier molecular flexibility index (Phi) is 3.25. The average Bonchev–Trinajstić information content (AvgIpc) is 3.18. The van der Waals surface area contributed by atoms with E-state index in [1.807, 2.05) is 12.5 Å². The first kappa shape index (κ1) is 13.6. The smallest absolute Gasteiger partial charge is 0.106 e. The lowest BCUT2D eigenvalue weighted by atomic mass is 10.0. The summed E-state index contributed by atoms with van der Waals surface area (Å²) in [5.74, 6) is 1.12. The fraction of sp³-hybridized carbons (Fsp3) is 0.444. The van der Waals surface area contributed by atoms with Crippen molar-refractivity contribution in [3.05, 3.63) is 47.8 Å². The Hall–Kier alpha value is -2.10. The van der Waals surface area contributed by atoms with Crippen molar-refractivity contribution in [3.63, 3.8) is 0 Å². The topological polar surface area (TPSA) is 35.6 Å². The Bertz CT molecular complexity index is 812. The molecule has 4 nitrogen and oxygen atoms in total. The van der Waals surface area contributed by atoms with E-state index in [-0.39, 0.29) is 0 Å². The van der Waals surface area contributed by atoms with Crippen LogP contribution >= 0.6 is 0 Å². The molecular formula is C18H22N4. The van der Waals surface area contributed by atoms with Crippen LogP contribution in [0.1, 0.15) is 49.3 Å². The van der Waals surface area contributed by atoms with Gasteiger partial charge in [0.15, 0.2) is 0 Å². The first-order chi connectivity index (χ1) is 10.8. The second kappa shape index (κ2) is 5.27. The molecule has 0 aliphatic carbocycles. The van der Waals surface area contributed by atoms with Gasteiger partial charge in [0.1, 0.15) is 5.82 Å². The minimum atomic E-state index is 0.428. The van der Waals surface area contributed by atoms with Crippen LogP contribution in [0.5, 0.6) is 0 Å². The molecule has 4 heteroatoms. The van der Waals surface area contributed by atoms with Crippen LogP contribution in [0.25, 0.3) is 11.0 Å².